The molecule has 0 spiro atoms. The molecule has 3 saturated heterocycles. The Hall–Kier alpha value is -4.50. The molecule has 0 radical (unpaired) electrons. The first-order valence-electron chi connectivity index (χ1n) is 17.3. The number of anilines is 1. The number of rotatable bonds is 8. The van der Waals surface area contributed by atoms with E-state index < -0.39 is 30.3 Å². The number of fused-ring (bicyclic) bond motifs is 1. The second-order valence-electron chi connectivity index (χ2n) is 13.5. The number of carbonyl (C=O) groups is 2. The number of H-pyrrole nitrogens is 1. The van der Waals surface area contributed by atoms with Gasteiger partial charge in [-0.3, -0.25) is 14.2 Å². The lowest BCUT2D eigenvalue weighted by atomic mass is 9.98. The van der Waals surface area contributed by atoms with E-state index >= 15 is 0 Å². The molecule has 3 aromatic carbocycles. The number of benzene rings is 3. The maximum Gasteiger partial charge on any atom is 0.471 e. The average molecular weight is 708 g/mol. The first kappa shape index (κ1) is 34.9. The van der Waals surface area contributed by atoms with E-state index in [2.05, 4.69) is 15.2 Å². The van der Waals surface area contributed by atoms with Crippen LogP contribution in [-0.4, -0.2) is 80.8 Å². The maximum absolute atomic E-state index is 13.2. The van der Waals surface area contributed by atoms with Gasteiger partial charge >= 0.3 is 17.8 Å². The van der Waals surface area contributed by atoms with Crippen molar-refractivity contribution in [2.75, 3.05) is 31.5 Å². The lowest BCUT2D eigenvalue weighted by Crippen LogP contribution is -2.48. The van der Waals surface area contributed by atoms with Gasteiger partial charge in [0.15, 0.2) is 6.29 Å². The lowest BCUT2D eigenvalue weighted by Gasteiger charge is -2.40. The van der Waals surface area contributed by atoms with Crippen molar-refractivity contribution in [1.29, 1.82) is 0 Å². The number of aromatic amines is 1. The first-order valence-corrected chi connectivity index (χ1v) is 17.3. The van der Waals surface area contributed by atoms with Crippen molar-refractivity contribution in [3.05, 3.63) is 100.0 Å². The summed E-state index contributed by atoms with van der Waals surface area (Å²) in [6.45, 7) is 1.95. The average Bonchev–Trinajstić information content (AvgIpc) is 3.76. The van der Waals surface area contributed by atoms with Crippen LogP contribution in [0.15, 0.2) is 77.6 Å². The van der Waals surface area contributed by atoms with E-state index in [-0.39, 0.29) is 43.5 Å². The number of halogens is 3. The van der Waals surface area contributed by atoms with Crippen LogP contribution in [0.2, 0.25) is 0 Å². The Labute approximate surface area is 291 Å². The number of nitrogens with one attached hydrogen (secondary N) is 2. The number of ether oxygens (including phenoxy) is 2. The molecule has 3 aliphatic heterocycles. The van der Waals surface area contributed by atoms with Gasteiger partial charge in [0.25, 0.3) is 0 Å². The number of amides is 2. The quantitative estimate of drug-likeness (QED) is 0.230. The normalized spacial score (nSPS) is 23.5. The maximum atomic E-state index is 13.2. The Balaban J connectivity index is 1.05. The molecule has 51 heavy (non-hydrogen) atoms. The number of aliphatic hydroxyl groups excluding tert-OH is 1. The molecule has 3 aliphatic rings. The summed E-state index contributed by atoms with van der Waals surface area (Å²) in [5.74, 6) is -2.70. The van der Waals surface area contributed by atoms with Crippen LogP contribution in [0, 0.1) is 0 Å². The predicted octanol–water partition coefficient (Wildman–Crippen LogP) is 5.20. The van der Waals surface area contributed by atoms with Crippen molar-refractivity contribution in [1.82, 2.24) is 19.4 Å². The number of para-hydroxylation sites is 2. The van der Waals surface area contributed by atoms with Gasteiger partial charge in [-0.05, 0) is 61.1 Å². The van der Waals surface area contributed by atoms with Crippen LogP contribution in [0.4, 0.5) is 18.9 Å². The third-order valence-electron chi connectivity index (χ3n) is 10.1. The fourth-order valence-electron chi connectivity index (χ4n) is 7.55. The number of piperidine rings is 1. The van der Waals surface area contributed by atoms with Crippen molar-refractivity contribution < 1.29 is 37.3 Å². The summed E-state index contributed by atoms with van der Waals surface area (Å²) in [7, 11) is 0. The molecule has 2 amide bonds. The fourth-order valence-corrected chi connectivity index (χ4v) is 7.55. The molecular weight excluding hydrogens is 667 g/mol. The number of nitrogens with zero attached hydrogens (tertiary/aromatic N) is 3. The molecule has 11 nitrogen and oxygen atoms in total. The van der Waals surface area contributed by atoms with Gasteiger partial charge in [0.05, 0.1) is 29.8 Å². The highest BCUT2D eigenvalue weighted by molar-refractivity contribution is 5.98. The second kappa shape index (κ2) is 14.6. The topological polar surface area (TPSA) is 129 Å². The first-order chi connectivity index (χ1) is 24.6. The highest BCUT2D eigenvalue weighted by atomic mass is 19.4. The summed E-state index contributed by atoms with van der Waals surface area (Å²) in [6.07, 6.45) is -3.86. The highest BCUT2D eigenvalue weighted by Gasteiger charge is 2.47. The van der Waals surface area contributed by atoms with E-state index in [1.807, 2.05) is 53.1 Å². The van der Waals surface area contributed by atoms with Gasteiger partial charge < -0.3 is 34.7 Å². The Bertz CT molecular complexity index is 1920. The van der Waals surface area contributed by atoms with E-state index in [9.17, 15) is 32.7 Å². The van der Waals surface area contributed by atoms with Gasteiger partial charge in [-0.15, -0.1) is 0 Å². The molecule has 4 heterocycles. The zero-order valence-corrected chi connectivity index (χ0v) is 27.9. The van der Waals surface area contributed by atoms with Crippen LogP contribution in [0.5, 0.6) is 0 Å². The molecular formula is C37H40F3N5O6. The monoisotopic (exact) mass is 707 g/mol. The van der Waals surface area contributed by atoms with Gasteiger partial charge in [0, 0.05) is 49.9 Å². The van der Waals surface area contributed by atoms with Crippen molar-refractivity contribution >= 4 is 28.5 Å². The van der Waals surface area contributed by atoms with Crippen molar-refractivity contribution in [2.24, 2.45) is 0 Å². The van der Waals surface area contributed by atoms with Gasteiger partial charge in [0.1, 0.15) is 6.04 Å². The summed E-state index contributed by atoms with van der Waals surface area (Å²) in [6, 6.07) is 20.9. The van der Waals surface area contributed by atoms with Crippen LogP contribution in [0.3, 0.4) is 0 Å². The Kier molecular flexibility index (Phi) is 10.0. The molecule has 3 fully saturated rings. The molecule has 0 saturated carbocycles. The van der Waals surface area contributed by atoms with Gasteiger partial charge in [-0.1, -0.05) is 48.5 Å². The number of hydrogen-bond acceptors (Lipinski definition) is 7. The van der Waals surface area contributed by atoms with Crippen LogP contribution < -0.4 is 11.0 Å². The smallest absolute Gasteiger partial charge is 0.392 e. The van der Waals surface area contributed by atoms with Gasteiger partial charge in [-0.2, -0.15) is 13.2 Å². The van der Waals surface area contributed by atoms with E-state index in [0.717, 1.165) is 48.1 Å². The molecule has 4 atom stereocenters. The van der Waals surface area contributed by atoms with E-state index in [1.165, 1.54) is 0 Å². The van der Waals surface area contributed by atoms with Crippen LogP contribution >= 0.6 is 0 Å². The summed E-state index contributed by atoms with van der Waals surface area (Å²) in [5, 5.41) is 12.3. The summed E-state index contributed by atoms with van der Waals surface area (Å²) >= 11 is 0. The Morgan fingerprint density at radius 2 is 1.69 bits per heavy atom. The van der Waals surface area contributed by atoms with Crippen LogP contribution in [0.1, 0.15) is 67.2 Å². The minimum absolute atomic E-state index is 0.0758. The summed E-state index contributed by atoms with van der Waals surface area (Å²) in [4.78, 5) is 43.7. The van der Waals surface area contributed by atoms with Gasteiger partial charge in [-0.25, -0.2) is 4.79 Å². The number of hydrogen-bond donors (Lipinski definition) is 3. The molecule has 0 bridgehead atoms. The predicted molar refractivity (Wildman–Crippen MR) is 182 cm³/mol. The third-order valence-corrected chi connectivity index (χ3v) is 10.1. The van der Waals surface area contributed by atoms with Crippen molar-refractivity contribution in [3.63, 3.8) is 0 Å². The van der Waals surface area contributed by atoms with E-state index in [4.69, 9.17) is 9.47 Å². The van der Waals surface area contributed by atoms with Crippen LogP contribution in [-0.2, 0) is 25.7 Å². The van der Waals surface area contributed by atoms with Crippen molar-refractivity contribution in [3.8, 4) is 0 Å². The minimum Gasteiger partial charge on any atom is -0.392 e. The summed E-state index contributed by atoms with van der Waals surface area (Å²) in [5.41, 5.74) is 4.28. The number of aromatic nitrogens is 2. The molecule has 1 aromatic heterocycles. The SMILES string of the molecule is O=C(Nc1cccc([C@@H]2O[C@H](CN3CCC(n4c(=O)[nH]c5ccccc54)CC3)C[C@H](c3ccc(CO)cc3)O2)c1)[C@@H]1CCCN1C(=O)C(F)(F)F. The molecule has 14 heteroatoms. The number of aliphatic hydroxyl groups is 1. The molecule has 4 aromatic rings. The van der Waals surface area contributed by atoms with Gasteiger partial charge in [0.2, 0.25) is 5.91 Å². The zero-order valence-electron chi connectivity index (χ0n) is 27.9. The Morgan fingerprint density at radius 3 is 2.43 bits per heavy atom. The number of alkyl halides is 3. The standard InChI is InChI=1S/C37H40F3N5O6/c38-37(39,40)35(48)44-16-4-9-31(44)33(47)41-26-6-3-5-25(19-26)34-50-28(20-32(51-34)24-12-10-23(22-46)11-13-24)21-43-17-14-27(15-18-43)45-30-8-2-1-7-29(30)42-36(45)49/h1-3,5-8,10-13,19,27-28,31-32,34,46H,4,9,14-18,20-22H2,(H,41,47)(H,42,49)/t28-,31-,32+,34+/m0/s1. The molecule has 7 rings (SSSR count). The van der Waals surface area contributed by atoms with Crippen molar-refractivity contribution in [2.45, 2.75) is 75.5 Å². The second-order valence-corrected chi connectivity index (χ2v) is 13.5. The number of imidazole rings is 1. The van der Waals surface area contributed by atoms with E-state index in [0.29, 0.717) is 35.5 Å². The highest BCUT2D eigenvalue weighted by Crippen LogP contribution is 2.39. The zero-order chi connectivity index (χ0) is 35.7. The third kappa shape index (κ3) is 7.59. The fraction of sp³-hybridized carbons (Fsp3) is 0.432. The molecule has 3 N–H and O–H groups in total. The molecule has 270 valence electrons. The number of likely N-dealkylation sites (tertiary alicyclic amines) is 2. The largest absolute Gasteiger partial charge is 0.471 e. The Morgan fingerprint density at radius 1 is 0.922 bits per heavy atom. The van der Waals surface area contributed by atoms with E-state index in [1.54, 1.807) is 24.3 Å². The minimum atomic E-state index is -5.06. The van der Waals surface area contributed by atoms with Crippen LogP contribution in [0.25, 0.3) is 11.0 Å². The lowest BCUT2D eigenvalue weighted by molar-refractivity contribution is -0.253. The molecule has 0 aliphatic carbocycles. The summed E-state index contributed by atoms with van der Waals surface area (Å²) < 4.78 is 54.4. The number of carbonyl (C=O) groups excluding carboxylic acids is 2. The molecule has 0 unspecified atom stereocenters.